The molecule has 0 aromatic heterocycles. The Hall–Kier alpha value is -0.900. The first-order chi connectivity index (χ1) is 9.16. The fourth-order valence-electron chi connectivity index (χ4n) is 2.69. The molecule has 0 amide bonds. The van der Waals surface area contributed by atoms with Gasteiger partial charge in [0.25, 0.3) is 0 Å². The summed E-state index contributed by atoms with van der Waals surface area (Å²) < 4.78 is 0. The normalized spacial score (nSPS) is 23.4. The highest BCUT2D eigenvalue weighted by Gasteiger charge is 2.21. The van der Waals surface area contributed by atoms with Crippen molar-refractivity contribution in [3.8, 4) is 0 Å². The van der Waals surface area contributed by atoms with Crippen LogP contribution in [0.5, 0.6) is 0 Å². The molecule has 1 aromatic rings. The molecule has 1 aromatic carbocycles. The van der Waals surface area contributed by atoms with Gasteiger partial charge in [-0.2, -0.15) is 0 Å². The maximum absolute atomic E-state index is 3.64. The third-order valence-corrected chi connectivity index (χ3v) is 4.18. The Bertz CT molecular complexity index is 366. The molecule has 0 spiro atoms. The lowest BCUT2D eigenvalue weighted by molar-refractivity contribution is 0.113. The predicted molar refractivity (Wildman–Crippen MR) is 81.6 cm³/mol. The summed E-state index contributed by atoms with van der Waals surface area (Å²) in [6.45, 7) is 7.96. The van der Waals surface area contributed by atoms with Crippen LogP contribution in [0.25, 0.3) is 0 Å². The number of benzene rings is 1. The van der Waals surface area contributed by atoms with Crippen molar-refractivity contribution in [3.63, 3.8) is 0 Å². The quantitative estimate of drug-likeness (QED) is 0.869. The van der Waals surface area contributed by atoms with Gasteiger partial charge in [0.05, 0.1) is 0 Å². The summed E-state index contributed by atoms with van der Waals surface area (Å²) in [5.41, 5.74) is 1.42. The molecule has 106 valence electrons. The van der Waals surface area contributed by atoms with E-state index in [2.05, 4.69) is 66.5 Å². The van der Waals surface area contributed by atoms with Crippen LogP contribution in [0.4, 0.5) is 0 Å². The Labute approximate surface area is 117 Å². The molecule has 1 saturated heterocycles. The monoisotopic (exact) mass is 261 g/mol. The number of nitrogens with one attached hydrogen (secondary N) is 1. The molecule has 1 heterocycles. The average molecular weight is 261 g/mol. The summed E-state index contributed by atoms with van der Waals surface area (Å²) >= 11 is 0. The highest BCUT2D eigenvalue weighted by molar-refractivity contribution is 5.18. The van der Waals surface area contributed by atoms with Gasteiger partial charge in [-0.1, -0.05) is 37.3 Å². The summed E-state index contributed by atoms with van der Waals surface area (Å²) in [7, 11) is 4.45. The highest BCUT2D eigenvalue weighted by atomic mass is 15.3. The van der Waals surface area contributed by atoms with E-state index in [4.69, 9.17) is 0 Å². The number of rotatable bonds is 5. The molecule has 1 aliphatic heterocycles. The molecule has 0 bridgehead atoms. The van der Waals surface area contributed by atoms with Crippen LogP contribution in [0.2, 0.25) is 0 Å². The van der Waals surface area contributed by atoms with Gasteiger partial charge in [-0.3, -0.25) is 4.90 Å². The largest absolute Gasteiger partial charge is 0.315 e. The van der Waals surface area contributed by atoms with Gasteiger partial charge in [0, 0.05) is 38.8 Å². The van der Waals surface area contributed by atoms with E-state index in [9.17, 15) is 0 Å². The summed E-state index contributed by atoms with van der Waals surface area (Å²) in [6, 6.07) is 11.4. The minimum Gasteiger partial charge on any atom is -0.315 e. The first kappa shape index (κ1) is 14.5. The second-order valence-corrected chi connectivity index (χ2v) is 5.87. The van der Waals surface area contributed by atoms with Crippen LogP contribution in [-0.4, -0.2) is 62.7 Å². The molecule has 1 fully saturated rings. The SMILES string of the molecule is CC(CNCC1CN(C)CCN1C)c1ccccc1. The Kier molecular flexibility index (Phi) is 5.37. The van der Waals surface area contributed by atoms with Crippen molar-refractivity contribution in [2.45, 2.75) is 18.9 Å². The number of hydrogen-bond donors (Lipinski definition) is 1. The maximum Gasteiger partial charge on any atom is 0.0345 e. The van der Waals surface area contributed by atoms with E-state index >= 15 is 0 Å². The first-order valence-corrected chi connectivity index (χ1v) is 7.31. The minimum atomic E-state index is 0.577. The zero-order chi connectivity index (χ0) is 13.7. The van der Waals surface area contributed by atoms with Gasteiger partial charge in [0.2, 0.25) is 0 Å². The smallest absolute Gasteiger partial charge is 0.0345 e. The van der Waals surface area contributed by atoms with Crippen LogP contribution < -0.4 is 5.32 Å². The Morgan fingerprint density at radius 2 is 1.95 bits per heavy atom. The van der Waals surface area contributed by atoms with Gasteiger partial charge in [-0.05, 0) is 25.6 Å². The molecule has 1 N–H and O–H groups in total. The molecule has 2 atom stereocenters. The van der Waals surface area contributed by atoms with Crippen LogP contribution in [-0.2, 0) is 0 Å². The Morgan fingerprint density at radius 3 is 2.68 bits per heavy atom. The summed E-state index contributed by atoms with van der Waals surface area (Å²) in [5, 5.41) is 3.64. The predicted octanol–water partition coefficient (Wildman–Crippen LogP) is 1.63. The summed E-state index contributed by atoms with van der Waals surface area (Å²) in [4.78, 5) is 4.90. The van der Waals surface area contributed by atoms with E-state index in [0.29, 0.717) is 12.0 Å². The fourth-order valence-corrected chi connectivity index (χ4v) is 2.69. The molecule has 3 nitrogen and oxygen atoms in total. The number of likely N-dealkylation sites (N-methyl/N-ethyl adjacent to an activating group) is 2. The van der Waals surface area contributed by atoms with Crippen LogP contribution in [0, 0.1) is 0 Å². The Morgan fingerprint density at radius 1 is 1.21 bits per heavy atom. The lowest BCUT2D eigenvalue weighted by atomic mass is 10.0. The lowest BCUT2D eigenvalue weighted by Crippen LogP contribution is -2.54. The van der Waals surface area contributed by atoms with Gasteiger partial charge in [-0.15, -0.1) is 0 Å². The number of piperazine rings is 1. The van der Waals surface area contributed by atoms with E-state index in [1.165, 1.54) is 25.2 Å². The highest BCUT2D eigenvalue weighted by Crippen LogP contribution is 2.13. The molecule has 1 aliphatic rings. The van der Waals surface area contributed by atoms with E-state index in [1.54, 1.807) is 0 Å². The van der Waals surface area contributed by atoms with Crippen molar-refractivity contribution >= 4 is 0 Å². The molecule has 3 heteroatoms. The topological polar surface area (TPSA) is 18.5 Å². The van der Waals surface area contributed by atoms with Gasteiger partial charge in [0.15, 0.2) is 0 Å². The summed E-state index contributed by atoms with van der Waals surface area (Å²) in [5.74, 6) is 0.577. The minimum absolute atomic E-state index is 0.577. The molecule has 0 radical (unpaired) electrons. The second-order valence-electron chi connectivity index (χ2n) is 5.87. The summed E-state index contributed by atoms with van der Waals surface area (Å²) in [6.07, 6.45) is 0. The van der Waals surface area contributed by atoms with E-state index in [1.807, 2.05) is 0 Å². The fraction of sp³-hybridized carbons (Fsp3) is 0.625. The molecular weight excluding hydrogens is 234 g/mol. The Balaban J connectivity index is 1.74. The first-order valence-electron chi connectivity index (χ1n) is 7.31. The van der Waals surface area contributed by atoms with E-state index in [-0.39, 0.29) is 0 Å². The van der Waals surface area contributed by atoms with Gasteiger partial charge < -0.3 is 10.2 Å². The third-order valence-electron chi connectivity index (χ3n) is 4.18. The molecule has 2 rings (SSSR count). The standard InChI is InChI=1S/C16H27N3/c1-14(15-7-5-4-6-8-15)11-17-12-16-13-18(2)9-10-19(16)3/h4-8,14,16-17H,9-13H2,1-3H3. The van der Waals surface area contributed by atoms with Gasteiger partial charge in [-0.25, -0.2) is 0 Å². The second kappa shape index (κ2) is 7.04. The van der Waals surface area contributed by atoms with Crippen molar-refractivity contribution in [2.75, 3.05) is 46.8 Å². The zero-order valence-corrected chi connectivity index (χ0v) is 12.5. The van der Waals surface area contributed by atoms with Gasteiger partial charge in [0.1, 0.15) is 0 Å². The third kappa shape index (κ3) is 4.30. The van der Waals surface area contributed by atoms with Crippen molar-refractivity contribution in [1.29, 1.82) is 0 Å². The van der Waals surface area contributed by atoms with E-state index in [0.717, 1.165) is 13.1 Å². The van der Waals surface area contributed by atoms with Crippen LogP contribution in [0.15, 0.2) is 30.3 Å². The van der Waals surface area contributed by atoms with Crippen molar-refractivity contribution in [1.82, 2.24) is 15.1 Å². The number of hydrogen-bond acceptors (Lipinski definition) is 3. The molecular formula is C16H27N3. The van der Waals surface area contributed by atoms with Crippen LogP contribution in [0.3, 0.4) is 0 Å². The van der Waals surface area contributed by atoms with Crippen LogP contribution >= 0.6 is 0 Å². The van der Waals surface area contributed by atoms with E-state index < -0.39 is 0 Å². The molecule has 2 unspecified atom stereocenters. The number of nitrogens with zero attached hydrogens (tertiary/aromatic N) is 2. The van der Waals surface area contributed by atoms with Crippen molar-refractivity contribution < 1.29 is 0 Å². The lowest BCUT2D eigenvalue weighted by Gasteiger charge is -2.38. The molecule has 19 heavy (non-hydrogen) atoms. The maximum atomic E-state index is 3.64. The van der Waals surface area contributed by atoms with Crippen molar-refractivity contribution in [3.05, 3.63) is 35.9 Å². The molecule has 0 aliphatic carbocycles. The average Bonchev–Trinajstić information content (AvgIpc) is 2.43. The van der Waals surface area contributed by atoms with Crippen LogP contribution in [0.1, 0.15) is 18.4 Å². The van der Waals surface area contributed by atoms with Crippen molar-refractivity contribution in [2.24, 2.45) is 0 Å². The molecule has 0 saturated carbocycles. The van der Waals surface area contributed by atoms with Gasteiger partial charge >= 0.3 is 0 Å². The zero-order valence-electron chi connectivity index (χ0n) is 12.5.